The van der Waals surface area contributed by atoms with Crippen molar-refractivity contribution in [2.75, 3.05) is 12.4 Å². The van der Waals surface area contributed by atoms with Crippen molar-refractivity contribution in [3.8, 4) is 5.75 Å². The number of carbonyl (C=O) groups excluding carboxylic acids is 1. The Labute approximate surface area is 149 Å². The number of nitrogens with one attached hydrogen (secondary N) is 2. The maximum Gasteiger partial charge on any atom is 0.262 e. The first-order valence-corrected chi connectivity index (χ1v) is 8.35. The summed E-state index contributed by atoms with van der Waals surface area (Å²) in [7, 11) is 1.62. The molecule has 2 aromatic rings. The second-order valence-corrected chi connectivity index (χ2v) is 5.87. The molecule has 0 saturated carbocycles. The van der Waals surface area contributed by atoms with Crippen molar-refractivity contribution in [3.63, 3.8) is 0 Å². The molecule has 2 N–H and O–H groups in total. The number of ether oxygens (including phenoxy) is 1. The fourth-order valence-corrected chi connectivity index (χ4v) is 2.32. The summed E-state index contributed by atoms with van der Waals surface area (Å²) in [5.74, 6) is 0.617. The minimum Gasteiger partial charge on any atom is -0.497 e. The van der Waals surface area contributed by atoms with Crippen LogP contribution < -0.4 is 15.5 Å². The van der Waals surface area contributed by atoms with Gasteiger partial charge in [0.05, 0.1) is 12.8 Å². The van der Waals surface area contributed by atoms with Gasteiger partial charge < -0.3 is 10.1 Å². The monoisotopic (exact) mass is 339 g/mol. The number of benzene rings is 2. The Morgan fingerprint density at radius 1 is 1.12 bits per heavy atom. The van der Waals surface area contributed by atoms with Gasteiger partial charge in [0.25, 0.3) is 5.91 Å². The smallest absolute Gasteiger partial charge is 0.262 e. The van der Waals surface area contributed by atoms with Gasteiger partial charge in [-0.3, -0.25) is 4.79 Å². The zero-order valence-electron chi connectivity index (χ0n) is 15.2. The van der Waals surface area contributed by atoms with E-state index >= 15 is 0 Å². The van der Waals surface area contributed by atoms with E-state index in [-0.39, 0.29) is 11.9 Å². The minimum absolute atomic E-state index is 0.162. The van der Waals surface area contributed by atoms with Gasteiger partial charge in [0.1, 0.15) is 11.8 Å². The number of aryl methyl sites for hydroxylation is 1. The Bertz CT molecular complexity index is 722. The van der Waals surface area contributed by atoms with Gasteiger partial charge in [0.2, 0.25) is 0 Å². The maximum absolute atomic E-state index is 12.4. The topological polar surface area (TPSA) is 62.7 Å². The summed E-state index contributed by atoms with van der Waals surface area (Å²) in [6.07, 6.45) is 0.650. The van der Waals surface area contributed by atoms with E-state index in [0.29, 0.717) is 6.42 Å². The van der Waals surface area contributed by atoms with Gasteiger partial charge in [-0.15, -0.1) is 0 Å². The van der Waals surface area contributed by atoms with Crippen LogP contribution >= 0.6 is 0 Å². The number of amides is 1. The molecule has 25 heavy (non-hydrogen) atoms. The molecule has 0 saturated heterocycles. The van der Waals surface area contributed by atoms with Crippen molar-refractivity contribution < 1.29 is 9.53 Å². The predicted molar refractivity (Wildman–Crippen MR) is 102 cm³/mol. The molecule has 0 unspecified atom stereocenters. The second kappa shape index (κ2) is 8.87. The van der Waals surface area contributed by atoms with Crippen molar-refractivity contribution in [2.24, 2.45) is 5.10 Å². The van der Waals surface area contributed by atoms with Crippen molar-refractivity contribution >= 4 is 17.3 Å². The summed E-state index contributed by atoms with van der Waals surface area (Å²) in [5.41, 5.74) is 6.46. The molecule has 0 spiro atoms. The molecule has 0 heterocycles. The Morgan fingerprint density at radius 2 is 1.76 bits per heavy atom. The lowest BCUT2D eigenvalue weighted by atomic mass is 10.1. The molecule has 0 aromatic heterocycles. The van der Waals surface area contributed by atoms with E-state index in [9.17, 15) is 4.79 Å². The first-order chi connectivity index (χ1) is 12.0. The molecule has 1 atom stereocenters. The zero-order chi connectivity index (χ0) is 18.2. The normalized spacial score (nSPS) is 12.4. The lowest BCUT2D eigenvalue weighted by Gasteiger charge is -2.17. The van der Waals surface area contributed by atoms with Crippen molar-refractivity contribution in [3.05, 3.63) is 59.7 Å². The van der Waals surface area contributed by atoms with E-state index in [1.54, 1.807) is 7.11 Å². The number of rotatable bonds is 7. The summed E-state index contributed by atoms with van der Waals surface area (Å²) in [4.78, 5) is 12.4. The summed E-state index contributed by atoms with van der Waals surface area (Å²) < 4.78 is 5.14. The van der Waals surface area contributed by atoms with Crippen LogP contribution in [0, 0.1) is 6.92 Å². The number of anilines is 1. The molecule has 0 fully saturated rings. The Kier molecular flexibility index (Phi) is 6.57. The second-order valence-electron chi connectivity index (χ2n) is 5.87. The summed E-state index contributed by atoms with van der Waals surface area (Å²) in [5, 5.41) is 7.43. The molecule has 0 aliphatic carbocycles. The lowest BCUT2D eigenvalue weighted by molar-refractivity contribution is -0.121. The first-order valence-electron chi connectivity index (χ1n) is 8.35. The average molecular weight is 339 g/mol. The van der Waals surface area contributed by atoms with E-state index in [0.717, 1.165) is 22.7 Å². The lowest BCUT2D eigenvalue weighted by Crippen LogP contribution is -2.37. The quantitative estimate of drug-likeness (QED) is 0.597. The number of hydrogen-bond donors (Lipinski definition) is 2. The number of methoxy groups -OCH3 is 1. The highest BCUT2D eigenvalue weighted by Gasteiger charge is 2.15. The largest absolute Gasteiger partial charge is 0.497 e. The highest BCUT2D eigenvalue weighted by Crippen LogP contribution is 2.16. The van der Waals surface area contributed by atoms with Crippen LogP contribution in [0.3, 0.4) is 0 Å². The zero-order valence-corrected chi connectivity index (χ0v) is 15.2. The number of nitrogens with zero attached hydrogens (tertiary/aromatic N) is 1. The van der Waals surface area contributed by atoms with Crippen LogP contribution in [0.2, 0.25) is 0 Å². The third-order valence-electron chi connectivity index (χ3n) is 3.96. The number of hydrogen-bond acceptors (Lipinski definition) is 4. The van der Waals surface area contributed by atoms with Gasteiger partial charge in [-0.05, 0) is 50.1 Å². The van der Waals surface area contributed by atoms with Crippen molar-refractivity contribution in [1.82, 2.24) is 5.43 Å². The van der Waals surface area contributed by atoms with E-state index in [1.807, 2.05) is 69.3 Å². The molecule has 5 nitrogen and oxygen atoms in total. The maximum atomic E-state index is 12.4. The Hall–Kier alpha value is -2.82. The summed E-state index contributed by atoms with van der Waals surface area (Å²) >= 11 is 0. The third-order valence-corrected chi connectivity index (χ3v) is 3.96. The van der Waals surface area contributed by atoms with Crippen LogP contribution in [0.5, 0.6) is 5.75 Å². The highest BCUT2D eigenvalue weighted by atomic mass is 16.5. The van der Waals surface area contributed by atoms with Crippen molar-refractivity contribution in [2.45, 2.75) is 33.2 Å². The van der Waals surface area contributed by atoms with E-state index in [2.05, 4.69) is 15.8 Å². The molecule has 0 aliphatic rings. The Morgan fingerprint density at radius 3 is 2.32 bits per heavy atom. The molecule has 1 amide bonds. The fourth-order valence-electron chi connectivity index (χ4n) is 2.32. The van der Waals surface area contributed by atoms with Crippen molar-refractivity contribution in [1.29, 1.82) is 0 Å². The minimum atomic E-state index is -0.358. The summed E-state index contributed by atoms with van der Waals surface area (Å²) in [6, 6.07) is 15.2. The molecular formula is C20H25N3O2. The van der Waals surface area contributed by atoms with Gasteiger partial charge in [0.15, 0.2) is 0 Å². The van der Waals surface area contributed by atoms with Crippen LogP contribution in [0.1, 0.15) is 31.4 Å². The van der Waals surface area contributed by atoms with Crippen LogP contribution in [-0.4, -0.2) is 24.8 Å². The average Bonchev–Trinajstić information content (AvgIpc) is 2.65. The standard InChI is InChI=1S/C20H25N3O2/c1-5-19(21-17-10-12-18(25-4)13-11-17)20(24)23-22-15(3)16-8-6-14(2)7-9-16/h6-13,19,21H,5H2,1-4H3,(H,23,24)/t19-/m1/s1. The molecular weight excluding hydrogens is 314 g/mol. The van der Waals surface area contributed by atoms with Gasteiger partial charge in [-0.25, -0.2) is 5.43 Å². The van der Waals surface area contributed by atoms with Gasteiger partial charge in [-0.1, -0.05) is 36.8 Å². The third kappa shape index (κ3) is 5.35. The van der Waals surface area contributed by atoms with Gasteiger partial charge >= 0.3 is 0 Å². The van der Waals surface area contributed by atoms with E-state index in [1.165, 1.54) is 5.56 Å². The molecule has 2 aromatic carbocycles. The molecule has 132 valence electrons. The molecule has 5 heteroatoms. The van der Waals surface area contributed by atoms with Gasteiger partial charge in [0, 0.05) is 5.69 Å². The molecule has 0 radical (unpaired) electrons. The fraction of sp³-hybridized carbons (Fsp3) is 0.300. The Balaban J connectivity index is 1.98. The number of hydrazone groups is 1. The van der Waals surface area contributed by atoms with Crippen LogP contribution in [-0.2, 0) is 4.79 Å². The first kappa shape index (κ1) is 18.5. The molecule has 2 rings (SSSR count). The van der Waals surface area contributed by atoms with E-state index < -0.39 is 0 Å². The predicted octanol–water partition coefficient (Wildman–Crippen LogP) is 3.73. The van der Waals surface area contributed by atoms with Gasteiger partial charge in [-0.2, -0.15) is 5.10 Å². The highest BCUT2D eigenvalue weighted by molar-refractivity contribution is 5.99. The van der Waals surface area contributed by atoms with Crippen LogP contribution in [0.25, 0.3) is 0 Å². The van der Waals surface area contributed by atoms with Crippen LogP contribution in [0.4, 0.5) is 5.69 Å². The SMILES string of the molecule is CC[C@@H](Nc1ccc(OC)cc1)C(=O)NN=C(C)c1ccc(C)cc1. The summed E-state index contributed by atoms with van der Waals surface area (Å²) in [6.45, 7) is 5.87. The molecule has 0 aliphatic heterocycles. The van der Waals surface area contributed by atoms with Crippen LogP contribution in [0.15, 0.2) is 53.6 Å². The molecule has 0 bridgehead atoms. The number of carbonyl (C=O) groups is 1. The van der Waals surface area contributed by atoms with E-state index in [4.69, 9.17) is 4.74 Å².